The van der Waals surface area contributed by atoms with Gasteiger partial charge in [0.1, 0.15) is 0 Å². The molecule has 0 aliphatic heterocycles. The molecule has 0 spiro atoms. The molecule has 0 fully saturated rings. The minimum atomic E-state index is -0.310. The molecule has 2 rings (SSSR count). The maximum atomic E-state index is 11.4. The van der Waals surface area contributed by atoms with E-state index in [4.69, 9.17) is 0 Å². The fraction of sp³-hybridized carbons (Fsp3) is 0.500. The Balaban J connectivity index is 2.67. The quantitative estimate of drug-likeness (QED) is 0.709. The second kappa shape index (κ2) is 3.80. The fourth-order valence-electron chi connectivity index (χ4n) is 1.56. The van der Waals surface area contributed by atoms with Crippen LogP contribution in [0.2, 0.25) is 0 Å². The summed E-state index contributed by atoms with van der Waals surface area (Å²) in [6.45, 7) is 4.58. The first kappa shape index (κ1) is 10.4. The maximum Gasteiger partial charge on any atom is 0.343 e. The smallest absolute Gasteiger partial charge is 0.273 e. The van der Waals surface area contributed by atoms with Crippen LogP contribution in [0.5, 0.6) is 0 Å². The van der Waals surface area contributed by atoms with Crippen LogP contribution in [0.4, 0.5) is 0 Å². The molecule has 8 nitrogen and oxygen atoms in total. The van der Waals surface area contributed by atoms with E-state index in [0.717, 1.165) is 0 Å². The first-order chi connectivity index (χ1) is 7.69. The Bertz CT molecular complexity index is 546. The van der Waals surface area contributed by atoms with Crippen LogP contribution in [0.3, 0.4) is 0 Å². The van der Waals surface area contributed by atoms with Crippen molar-refractivity contribution in [1.29, 1.82) is 0 Å². The van der Waals surface area contributed by atoms with Crippen molar-refractivity contribution >= 4 is 0 Å². The highest BCUT2D eigenvalue weighted by Crippen LogP contribution is 2.09. The van der Waals surface area contributed by atoms with Crippen LogP contribution < -0.4 is 11.4 Å². The highest BCUT2D eigenvalue weighted by molar-refractivity contribution is 5.42. The van der Waals surface area contributed by atoms with E-state index in [2.05, 4.69) is 20.4 Å². The summed E-state index contributed by atoms with van der Waals surface area (Å²) < 4.78 is 2.84. The van der Waals surface area contributed by atoms with Gasteiger partial charge in [0, 0.05) is 13.1 Å². The highest BCUT2D eigenvalue weighted by Gasteiger charge is 2.16. The summed E-state index contributed by atoms with van der Waals surface area (Å²) in [6.07, 6.45) is 0. The van der Waals surface area contributed by atoms with E-state index < -0.39 is 0 Å². The van der Waals surface area contributed by atoms with E-state index in [1.165, 1.54) is 9.13 Å². The van der Waals surface area contributed by atoms with Crippen molar-refractivity contribution < 1.29 is 0 Å². The molecule has 2 heterocycles. The Morgan fingerprint density at radius 3 is 1.62 bits per heavy atom. The van der Waals surface area contributed by atoms with Gasteiger partial charge in [-0.05, 0) is 13.8 Å². The van der Waals surface area contributed by atoms with Crippen LogP contribution >= 0.6 is 0 Å². The van der Waals surface area contributed by atoms with Crippen molar-refractivity contribution in [2.24, 2.45) is 0 Å². The Morgan fingerprint density at radius 1 is 0.938 bits per heavy atom. The topological polar surface area (TPSA) is 101 Å². The summed E-state index contributed by atoms with van der Waals surface area (Å²) in [7, 11) is 0. The lowest BCUT2D eigenvalue weighted by Gasteiger charge is -2.02. The second-order valence-electron chi connectivity index (χ2n) is 3.19. The SMILES string of the molecule is CCn1c(-c2n[nH]c(=O)n2CC)n[nH]c1=O. The van der Waals surface area contributed by atoms with Crippen molar-refractivity contribution in [1.82, 2.24) is 29.5 Å². The Labute approximate surface area is 89.9 Å². The monoisotopic (exact) mass is 224 g/mol. The molecule has 0 aliphatic carbocycles. The fourth-order valence-corrected chi connectivity index (χ4v) is 1.56. The van der Waals surface area contributed by atoms with Crippen molar-refractivity contribution in [2.75, 3.05) is 0 Å². The molecule has 0 aromatic carbocycles. The molecule has 2 aromatic heterocycles. The predicted molar refractivity (Wildman–Crippen MR) is 56.0 cm³/mol. The molecule has 0 saturated carbocycles. The molecule has 2 N–H and O–H groups in total. The molecule has 0 radical (unpaired) electrons. The molecule has 0 saturated heterocycles. The molecule has 0 amide bonds. The maximum absolute atomic E-state index is 11.4. The molecular formula is C8H12N6O2. The summed E-state index contributed by atoms with van der Waals surface area (Å²) in [6, 6.07) is 0. The number of nitrogens with one attached hydrogen (secondary N) is 2. The van der Waals surface area contributed by atoms with Crippen LogP contribution in [-0.2, 0) is 13.1 Å². The van der Waals surface area contributed by atoms with Gasteiger partial charge in [-0.2, -0.15) is 0 Å². The van der Waals surface area contributed by atoms with Crippen LogP contribution in [0.15, 0.2) is 9.59 Å². The molecule has 0 bridgehead atoms. The van der Waals surface area contributed by atoms with Gasteiger partial charge in [-0.3, -0.25) is 9.13 Å². The van der Waals surface area contributed by atoms with Crippen LogP contribution in [0.1, 0.15) is 13.8 Å². The number of aromatic amines is 2. The van der Waals surface area contributed by atoms with Gasteiger partial charge in [0.2, 0.25) is 11.6 Å². The molecule has 0 unspecified atom stereocenters. The Kier molecular flexibility index (Phi) is 2.47. The Morgan fingerprint density at radius 2 is 1.31 bits per heavy atom. The van der Waals surface area contributed by atoms with Gasteiger partial charge in [-0.1, -0.05) is 0 Å². The summed E-state index contributed by atoms with van der Waals surface area (Å²) in [5.74, 6) is 0.736. The van der Waals surface area contributed by atoms with Crippen molar-refractivity contribution in [3.8, 4) is 11.6 Å². The number of H-pyrrole nitrogens is 2. The standard InChI is InChI=1S/C8H12N6O2/c1-3-13-5(9-11-7(13)15)6-10-12-8(16)14(6)4-2/h3-4H2,1-2H3,(H,11,15)(H,12,16). The molecule has 8 heteroatoms. The lowest BCUT2D eigenvalue weighted by atomic mass is 10.5. The predicted octanol–water partition coefficient (Wildman–Crippen LogP) is -0.837. The summed E-state index contributed by atoms with van der Waals surface area (Å²) >= 11 is 0. The van der Waals surface area contributed by atoms with Crippen molar-refractivity contribution in [2.45, 2.75) is 26.9 Å². The molecule has 86 valence electrons. The van der Waals surface area contributed by atoms with E-state index in [-0.39, 0.29) is 11.4 Å². The summed E-state index contributed by atoms with van der Waals surface area (Å²) in [4.78, 5) is 22.7. The van der Waals surface area contributed by atoms with E-state index in [9.17, 15) is 9.59 Å². The zero-order chi connectivity index (χ0) is 11.7. The Hall–Kier alpha value is -2.12. The number of hydrogen-bond acceptors (Lipinski definition) is 4. The summed E-state index contributed by atoms with van der Waals surface area (Å²) in [5.41, 5.74) is -0.619. The average Bonchev–Trinajstić information content (AvgIpc) is 2.81. The van der Waals surface area contributed by atoms with Gasteiger partial charge in [0.15, 0.2) is 0 Å². The number of hydrogen-bond donors (Lipinski definition) is 2. The third kappa shape index (κ3) is 1.38. The molecule has 16 heavy (non-hydrogen) atoms. The van der Waals surface area contributed by atoms with E-state index >= 15 is 0 Å². The normalized spacial score (nSPS) is 10.9. The van der Waals surface area contributed by atoms with Gasteiger partial charge >= 0.3 is 11.4 Å². The molecule has 0 atom stereocenters. The number of aromatic nitrogens is 6. The van der Waals surface area contributed by atoms with Crippen molar-refractivity contribution in [3.63, 3.8) is 0 Å². The first-order valence-electron chi connectivity index (χ1n) is 4.99. The zero-order valence-corrected chi connectivity index (χ0v) is 9.02. The van der Waals surface area contributed by atoms with E-state index in [1.54, 1.807) is 0 Å². The van der Waals surface area contributed by atoms with Crippen LogP contribution in [0, 0.1) is 0 Å². The zero-order valence-electron chi connectivity index (χ0n) is 9.02. The molecule has 0 aliphatic rings. The van der Waals surface area contributed by atoms with E-state index in [1.807, 2.05) is 13.8 Å². The molecular weight excluding hydrogens is 212 g/mol. The number of nitrogens with zero attached hydrogens (tertiary/aromatic N) is 4. The molecule has 2 aromatic rings. The third-order valence-corrected chi connectivity index (χ3v) is 2.35. The largest absolute Gasteiger partial charge is 0.343 e. The average molecular weight is 224 g/mol. The lowest BCUT2D eigenvalue weighted by molar-refractivity contribution is 0.701. The first-order valence-corrected chi connectivity index (χ1v) is 4.99. The van der Waals surface area contributed by atoms with Gasteiger partial charge in [0.25, 0.3) is 0 Å². The van der Waals surface area contributed by atoms with Crippen molar-refractivity contribution in [3.05, 3.63) is 21.0 Å². The highest BCUT2D eigenvalue weighted by atomic mass is 16.2. The van der Waals surface area contributed by atoms with Gasteiger partial charge in [0.05, 0.1) is 0 Å². The van der Waals surface area contributed by atoms with E-state index in [0.29, 0.717) is 24.7 Å². The third-order valence-electron chi connectivity index (χ3n) is 2.35. The minimum absolute atomic E-state index is 0.310. The van der Waals surface area contributed by atoms with Gasteiger partial charge in [-0.25, -0.2) is 19.8 Å². The summed E-state index contributed by atoms with van der Waals surface area (Å²) in [5, 5.41) is 12.4. The minimum Gasteiger partial charge on any atom is -0.273 e. The van der Waals surface area contributed by atoms with Gasteiger partial charge < -0.3 is 0 Å². The van der Waals surface area contributed by atoms with Crippen LogP contribution in [0.25, 0.3) is 11.6 Å². The lowest BCUT2D eigenvalue weighted by Crippen LogP contribution is -2.19. The second-order valence-corrected chi connectivity index (χ2v) is 3.19. The van der Waals surface area contributed by atoms with Gasteiger partial charge in [-0.15, -0.1) is 10.2 Å². The number of rotatable bonds is 3. The van der Waals surface area contributed by atoms with Crippen LogP contribution in [-0.4, -0.2) is 29.5 Å².